The summed E-state index contributed by atoms with van der Waals surface area (Å²) in [6.45, 7) is 0.794. The van der Waals surface area contributed by atoms with Crippen LogP contribution in [0.4, 0.5) is 13.2 Å². The molecule has 0 bridgehead atoms. The molecule has 2 fully saturated rings. The maximum absolute atomic E-state index is 13.5. The summed E-state index contributed by atoms with van der Waals surface area (Å²) in [5.74, 6) is 0. The number of halogens is 3. The number of benzene rings is 1. The monoisotopic (exact) mass is 470 g/mol. The van der Waals surface area contributed by atoms with Crippen molar-refractivity contribution < 1.29 is 58.4 Å². The minimum Gasteiger partial charge on any atom is -0.400 e. The molecule has 0 spiro atoms. The van der Waals surface area contributed by atoms with Crippen molar-refractivity contribution in [3.05, 3.63) is 34.9 Å². The molecule has 0 aliphatic carbocycles. The lowest BCUT2D eigenvalue weighted by Gasteiger charge is -2.41. The molecule has 0 aromatic heterocycles. The first kappa shape index (κ1) is 26.9. The lowest BCUT2D eigenvalue weighted by molar-refractivity contribution is -0.231. The molecule has 1 aromatic carbocycles. The fraction of sp³-hybridized carbons (Fsp3) is 0.700. The number of hydrogen-bond acceptors (Lipinski definition) is 9. The standard InChI is InChI=1S/C19H25F3O8.CH4O/c1-7-11(24)5-12(25)17(29-7)8-2-9(4-10(3-8)19(20,21)22)18-16(28)15(27)14(26)13(6-23)30-18;1-2/h2-4,7,11-18,23-28H,5-6H2,1H3;2H,1H3/t7-,11?,12+,13?,14-,15?,16?,17?,18-;/m1./s1. The second-order valence-electron chi connectivity index (χ2n) is 7.77. The zero-order valence-electron chi connectivity index (χ0n) is 17.4. The maximum Gasteiger partial charge on any atom is 0.416 e. The lowest BCUT2D eigenvalue weighted by atomic mass is 9.87. The Kier molecular flexibility index (Phi) is 9.01. The molecule has 5 unspecified atom stereocenters. The zero-order valence-corrected chi connectivity index (χ0v) is 17.4. The van der Waals surface area contributed by atoms with Crippen LogP contribution in [0.1, 0.15) is 42.2 Å². The van der Waals surface area contributed by atoms with E-state index in [4.69, 9.17) is 14.6 Å². The molecular weight excluding hydrogens is 441 g/mol. The topological polar surface area (TPSA) is 160 Å². The molecule has 1 aromatic rings. The van der Waals surface area contributed by atoms with Crippen LogP contribution in [0.15, 0.2) is 18.2 Å². The second kappa shape index (κ2) is 10.7. The number of ether oxygens (including phenoxy) is 2. The molecule has 0 saturated carbocycles. The van der Waals surface area contributed by atoms with Crippen molar-refractivity contribution in [2.45, 2.75) is 74.5 Å². The third-order valence-corrected chi connectivity index (χ3v) is 5.59. The van der Waals surface area contributed by atoms with Gasteiger partial charge in [-0.05, 0) is 30.2 Å². The van der Waals surface area contributed by atoms with Gasteiger partial charge in [-0.3, -0.25) is 0 Å². The molecule has 3 rings (SSSR count). The molecule has 0 amide bonds. The summed E-state index contributed by atoms with van der Waals surface area (Å²) in [7, 11) is 1.00. The molecule has 2 saturated heterocycles. The first-order valence-electron chi connectivity index (χ1n) is 9.93. The van der Waals surface area contributed by atoms with E-state index >= 15 is 0 Å². The Morgan fingerprint density at radius 1 is 0.844 bits per heavy atom. The van der Waals surface area contributed by atoms with Gasteiger partial charge in [0.15, 0.2) is 0 Å². The van der Waals surface area contributed by atoms with Gasteiger partial charge in [-0.15, -0.1) is 0 Å². The Morgan fingerprint density at radius 3 is 1.94 bits per heavy atom. The fourth-order valence-electron chi connectivity index (χ4n) is 3.82. The van der Waals surface area contributed by atoms with E-state index in [9.17, 15) is 43.8 Å². The van der Waals surface area contributed by atoms with E-state index in [1.165, 1.54) is 13.0 Å². The van der Waals surface area contributed by atoms with E-state index in [2.05, 4.69) is 0 Å². The van der Waals surface area contributed by atoms with Crippen LogP contribution >= 0.6 is 0 Å². The van der Waals surface area contributed by atoms with Crippen LogP contribution < -0.4 is 0 Å². The number of hydrogen-bond donors (Lipinski definition) is 7. The summed E-state index contributed by atoms with van der Waals surface area (Å²) < 4.78 is 51.4. The number of aliphatic hydroxyl groups excluding tert-OH is 7. The first-order chi connectivity index (χ1) is 14.9. The third-order valence-electron chi connectivity index (χ3n) is 5.59. The van der Waals surface area contributed by atoms with E-state index in [1.807, 2.05) is 0 Å². The van der Waals surface area contributed by atoms with E-state index in [0.717, 1.165) is 19.2 Å². The highest BCUT2D eigenvalue weighted by Gasteiger charge is 2.45. The summed E-state index contributed by atoms with van der Waals surface area (Å²) in [6.07, 6.45) is -17.0. The molecule has 9 atom stereocenters. The molecular formula is C20H29F3O9. The van der Waals surface area contributed by atoms with Crippen LogP contribution in [0.2, 0.25) is 0 Å². The van der Waals surface area contributed by atoms with Gasteiger partial charge in [0.05, 0.1) is 30.5 Å². The summed E-state index contributed by atoms with van der Waals surface area (Å²) in [6, 6.07) is 2.76. The van der Waals surface area contributed by atoms with E-state index in [1.54, 1.807) is 0 Å². The van der Waals surface area contributed by atoms with Gasteiger partial charge in [-0.1, -0.05) is 6.07 Å². The smallest absolute Gasteiger partial charge is 0.400 e. The van der Waals surface area contributed by atoms with Crippen LogP contribution in [0.5, 0.6) is 0 Å². The molecule has 7 N–H and O–H groups in total. The van der Waals surface area contributed by atoms with Gasteiger partial charge < -0.3 is 45.2 Å². The van der Waals surface area contributed by atoms with Crippen LogP contribution in [-0.4, -0.2) is 92.2 Å². The Hall–Kier alpha value is -1.35. The molecule has 32 heavy (non-hydrogen) atoms. The Balaban J connectivity index is 0.00000176. The summed E-state index contributed by atoms with van der Waals surface area (Å²) in [5, 5.41) is 66.6. The average Bonchev–Trinajstić information content (AvgIpc) is 2.75. The zero-order chi connectivity index (χ0) is 24.4. The van der Waals surface area contributed by atoms with E-state index in [-0.39, 0.29) is 17.5 Å². The lowest BCUT2D eigenvalue weighted by Crippen LogP contribution is -2.55. The van der Waals surface area contributed by atoms with Gasteiger partial charge in [0, 0.05) is 13.5 Å². The quantitative estimate of drug-likeness (QED) is 0.306. The van der Waals surface area contributed by atoms with Crippen molar-refractivity contribution in [1.82, 2.24) is 0 Å². The second-order valence-corrected chi connectivity index (χ2v) is 7.77. The number of aliphatic hydroxyl groups is 7. The van der Waals surface area contributed by atoms with Gasteiger partial charge in [-0.2, -0.15) is 13.2 Å². The Labute approximate surface area is 182 Å². The fourth-order valence-corrected chi connectivity index (χ4v) is 3.82. The van der Waals surface area contributed by atoms with Crippen molar-refractivity contribution in [1.29, 1.82) is 0 Å². The highest BCUT2D eigenvalue weighted by molar-refractivity contribution is 5.36. The van der Waals surface area contributed by atoms with Gasteiger partial charge in [0.1, 0.15) is 36.6 Å². The van der Waals surface area contributed by atoms with Gasteiger partial charge >= 0.3 is 6.18 Å². The van der Waals surface area contributed by atoms with Crippen molar-refractivity contribution in [3.8, 4) is 0 Å². The first-order valence-corrected chi connectivity index (χ1v) is 9.93. The molecule has 2 aliphatic heterocycles. The molecule has 9 nitrogen and oxygen atoms in total. The minimum atomic E-state index is -4.77. The van der Waals surface area contributed by atoms with Crippen LogP contribution in [0, 0.1) is 0 Å². The molecule has 184 valence electrons. The Morgan fingerprint density at radius 2 is 1.41 bits per heavy atom. The number of alkyl halides is 3. The minimum absolute atomic E-state index is 0.0527. The van der Waals surface area contributed by atoms with Crippen molar-refractivity contribution >= 4 is 0 Å². The molecule has 0 radical (unpaired) electrons. The van der Waals surface area contributed by atoms with Crippen LogP contribution in [0.25, 0.3) is 0 Å². The van der Waals surface area contributed by atoms with Crippen molar-refractivity contribution in [3.63, 3.8) is 0 Å². The number of rotatable bonds is 3. The van der Waals surface area contributed by atoms with Crippen molar-refractivity contribution in [2.75, 3.05) is 13.7 Å². The van der Waals surface area contributed by atoms with Gasteiger partial charge in [-0.25, -0.2) is 0 Å². The van der Waals surface area contributed by atoms with Gasteiger partial charge in [0.25, 0.3) is 0 Å². The predicted molar refractivity (Wildman–Crippen MR) is 102 cm³/mol. The van der Waals surface area contributed by atoms with E-state index < -0.39 is 73.3 Å². The van der Waals surface area contributed by atoms with Crippen molar-refractivity contribution in [2.24, 2.45) is 0 Å². The molecule has 2 aliphatic rings. The third kappa shape index (κ3) is 5.58. The SMILES string of the molecule is CO.C[C@H]1OC(c2cc([C@H]3OC(CO)[C@@H](O)C(O)C3O)cc(C(F)(F)F)c2)[C@@H](O)CC1O. The highest BCUT2D eigenvalue weighted by atomic mass is 19.4. The summed E-state index contributed by atoms with van der Waals surface area (Å²) in [5.41, 5.74) is -1.32. The predicted octanol–water partition coefficient (Wildman–Crippen LogP) is -0.600. The molecule has 12 heteroatoms. The normalized spacial score (nSPS) is 38.1. The summed E-state index contributed by atoms with van der Waals surface area (Å²) in [4.78, 5) is 0. The van der Waals surface area contributed by atoms with Gasteiger partial charge in [0.2, 0.25) is 0 Å². The Bertz CT molecular complexity index is 746. The van der Waals surface area contributed by atoms with Crippen LogP contribution in [-0.2, 0) is 15.7 Å². The highest BCUT2D eigenvalue weighted by Crippen LogP contribution is 2.40. The molecule has 2 heterocycles. The van der Waals surface area contributed by atoms with Crippen LogP contribution in [0.3, 0.4) is 0 Å². The van der Waals surface area contributed by atoms with E-state index in [0.29, 0.717) is 0 Å². The maximum atomic E-state index is 13.5. The summed E-state index contributed by atoms with van der Waals surface area (Å²) >= 11 is 0. The average molecular weight is 470 g/mol. The largest absolute Gasteiger partial charge is 0.416 e.